The molecule has 16 heavy (non-hydrogen) atoms. The van der Waals surface area contributed by atoms with E-state index in [-0.39, 0.29) is 17.0 Å². The van der Waals surface area contributed by atoms with Gasteiger partial charge >= 0.3 is 5.97 Å². The molecule has 0 N–H and O–H groups in total. The number of rotatable bonds is 4. The van der Waals surface area contributed by atoms with Crippen molar-refractivity contribution < 1.29 is 9.53 Å². The smallest absolute Gasteiger partial charge is 0.312 e. The van der Waals surface area contributed by atoms with Gasteiger partial charge in [0.05, 0.1) is 5.41 Å². The summed E-state index contributed by atoms with van der Waals surface area (Å²) in [4.78, 5) is 12.3. The highest BCUT2D eigenvalue weighted by atomic mass is 16.6. The quantitative estimate of drug-likeness (QED) is 0.675. The molecule has 0 radical (unpaired) electrons. The van der Waals surface area contributed by atoms with Gasteiger partial charge in [-0.3, -0.25) is 4.79 Å². The Labute approximate surface area is 101 Å². The van der Waals surface area contributed by atoms with E-state index in [4.69, 9.17) is 4.74 Å². The van der Waals surface area contributed by atoms with Gasteiger partial charge in [-0.2, -0.15) is 0 Å². The number of carbonyl (C=O) groups is 1. The van der Waals surface area contributed by atoms with Gasteiger partial charge in [-0.1, -0.05) is 34.6 Å². The molecule has 2 nitrogen and oxygen atoms in total. The van der Waals surface area contributed by atoms with Gasteiger partial charge in [-0.05, 0) is 39.0 Å². The summed E-state index contributed by atoms with van der Waals surface area (Å²) in [5.41, 5.74) is -0.860. The second-order valence-electron chi connectivity index (χ2n) is 6.44. The van der Waals surface area contributed by atoms with Crippen molar-refractivity contribution in [1.82, 2.24) is 0 Å². The molecule has 1 unspecified atom stereocenters. The van der Waals surface area contributed by atoms with Crippen molar-refractivity contribution >= 4 is 5.97 Å². The molecule has 0 heterocycles. The zero-order chi connectivity index (χ0) is 13.2. The lowest BCUT2D eigenvalue weighted by atomic mass is 9.66. The Kier molecular flexibility index (Phi) is 4.61. The predicted molar refractivity (Wildman–Crippen MR) is 68.3 cm³/mol. The fourth-order valence-electron chi connectivity index (χ4n) is 1.42. The van der Waals surface area contributed by atoms with Crippen molar-refractivity contribution in [3.63, 3.8) is 0 Å². The molecule has 1 atom stereocenters. The lowest BCUT2D eigenvalue weighted by Gasteiger charge is -2.41. The second kappa shape index (κ2) is 4.77. The molecule has 0 rings (SSSR count). The number of ether oxygens (including phenoxy) is 1. The summed E-state index contributed by atoms with van der Waals surface area (Å²) in [5, 5.41) is 0. The molecule has 0 aromatic rings. The minimum atomic E-state index is -0.417. The highest BCUT2D eigenvalue weighted by Crippen LogP contribution is 2.43. The predicted octanol–water partition coefficient (Wildman–Crippen LogP) is 4.18. The zero-order valence-electron chi connectivity index (χ0n) is 12.2. The molecular weight excluding hydrogens is 200 g/mol. The zero-order valence-corrected chi connectivity index (χ0v) is 12.2. The van der Waals surface area contributed by atoms with E-state index in [9.17, 15) is 4.79 Å². The third-order valence-corrected chi connectivity index (χ3v) is 4.03. The Morgan fingerprint density at radius 2 is 1.38 bits per heavy atom. The highest BCUT2D eigenvalue weighted by molar-refractivity contribution is 5.77. The van der Waals surface area contributed by atoms with Crippen LogP contribution in [0, 0.1) is 10.8 Å². The average Bonchev–Trinajstić information content (AvgIpc) is 2.14. The van der Waals surface area contributed by atoms with Crippen LogP contribution in [-0.4, -0.2) is 11.6 Å². The molecular formula is C14H28O2. The molecule has 0 saturated heterocycles. The lowest BCUT2D eigenvalue weighted by Crippen LogP contribution is -2.44. The van der Waals surface area contributed by atoms with Crippen LogP contribution in [0.25, 0.3) is 0 Å². The standard InChI is InChI=1S/C14H28O2/c1-9-13(6,7)16-11(15)14(8,10-2)12(3,4)5/h9-10H2,1-8H3. The van der Waals surface area contributed by atoms with Crippen LogP contribution in [0.1, 0.15) is 68.2 Å². The molecule has 0 aliphatic carbocycles. The molecule has 0 saturated carbocycles. The van der Waals surface area contributed by atoms with Gasteiger partial charge in [-0.15, -0.1) is 0 Å². The van der Waals surface area contributed by atoms with Crippen molar-refractivity contribution in [2.45, 2.75) is 73.8 Å². The third-order valence-electron chi connectivity index (χ3n) is 4.03. The van der Waals surface area contributed by atoms with Gasteiger partial charge < -0.3 is 4.74 Å². The largest absolute Gasteiger partial charge is 0.459 e. The Balaban J connectivity index is 4.95. The van der Waals surface area contributed by atoms with Gasteiger partial charge in [0.1, 0.15) is 5.60 Å². The minimum Gasteiger partial charge on any atom is -0.459 e. The van der Waals surface area contributed by atoms with Gasteiger partial charge in [0.25, 0.3) is 0 Å². The minimum absolute atomic E-state index is 0.0747. The summed E-state index contributed by atoms with van der Waals surface area (Å²) >= 11 is 0. The molecule has 96 valence electrons. The van der Waals surface area contributed by atoms with Crippen LogP contribution < -0.4 is 0 Å². The van der Waals surface area contributed by atoms with E-state index < -0.39 is 5.41 Å². The van der Waals surface area contributed by atoms with Crippen molar-refractivity contribution in [3.05, 3.63) is 0 Å². The van der Waals surface area contributed by atoms with E-state index in [1.54, 1.807) is 0 Å². The van der Waals surface area contributed by atoms with Gasteiger partial charge in [0.2, 0.25) is 0 Å². The van der Waals surface area contributed by atoms with Crippen molar-refractivity contribution in [3.8, 4) is 0 Å². The Morgan fingerprint density at radius 1 is 0.938 bits per heavy atom. The van der Waals surface area contributed by atoms with E-state index >= 15 is 0 Å². The van der Waals surface area contributed by atoms with E-state index in [2.05, 4.69) is 20.8 Å². The number of hydrogen-bond donors (Lipinski definition) is 0. The molecule has 2 heteroatoms. The van der Waals surface area contributed by atoms with Crippen LogP contribution in [-0.2, 0) is 9.53 Å². The van der Waals surface area contributed by atoms with Crippen LogP contribution in [0.3, 0.4) is 0 Å². The third kappa shape index (κ3) is 3.23. The van der Waals surface area contributed by atoms with E-state index in [1.807, 2.05) is 34.6 Å². The maximum atomic E-state index is 12.3. The summed E-state index contributed by atoms with van der Waals surface area (Å²) in [5.74, 6) is -0.0747. The van der Waals surface area contributed by atoms with Crippen LogP contribution in [0.15, 0.2) is 0 Å². The number of esters is 1. The summed E-state index contributed by atoms with van der Waals surface area (Å²) in [6, 6.07) is 0. The maximum absolute atomic E-state index is 12.3. The first-order valence-electron chi connectivity index (χ1n) is 6.23. The van der Waals surface area contributed by atoms with Crippen molar-refractivity contribution in [1.29, 1.82) is 0 Å². The van der Waals surface area contributed by atoms with Crippen LogP contribution in [0.4, 0.5) is 0 Å². The molecule has 0 aromatic carbocycles. The second-order valence-corrected chi connectivity index (χ2v) is 6.44. The van der Waals surface area contributed by atoms with Crippen molar-refractivity contribution in [2.75, 3.05) is 0 Å². The van der Waals surface area contributed by atoms with Crippen LogP contribution in [0.2, 0.25) is 0 Å². The molecule has 0 aliphatic heterocycles. The monoisotopic (exact) mass is 228 g/mol. The SMILES string of the molecule is CCC(C)(C)OC(=O)C(C)(CC)C(C)(C)C. The first-order valence-corrected chi connectivity index (χ1v) is 6.23. The summed E-state index contributed by atoms with van der Waals surface area (Å²) in [6.45, 7) is 16.3. The normalized spacial score (nSPS) is 16.8. The maximum Gasteiger partial charge on any atom is 0.312 e. The van der Waals surface area contributed by atoms with Gasteiger partial charge in [0, 0.05) is 0 Å². The molecule has 0 spiro atoms. The topological polar surface area (TPSA) is 26.3 Å². The average molecular weight is 228 g/mol. The van der Waals surface area contributed by atoms with E-state index in [1.165, 1.54) is 0 Å². The molecule has 0 amide bonds. The van der Waals surface area contributed by atoms with Crippen molar-refractivity contribution in [2.24, 2.45) is 10.8 Å². The van der Waals surface area contributed by atoms with Gasteiger partial charge in [0.15, 0.2) is 0 Å². The van der Waals surface area contributed by atoms with Gasteiger partial charge in [-0.25, -0.2) is 0 Å². The number of hydrogen-bond acceptors (Lipinski definition) is 2. The van der Waals surface area contributed by atoms with E-state index in [0.717, 1.165) is 12.8 Å². The Morgan fingerprint density at radius 3 is 1.62 bits per heavy atom. The summed E-state index contributed by atoms with van der Waals surface area (Å²) < 4.78 is 5.63. The Bertz CT molecular complexity index is 248. The van der Waals surface area contributed by atoms with Crippen LogP contribution >= 0.6 is 0 Å². The first kappa shape index (κ1) is 15.5. The van der Waals surface area contributed by atoms with E-state index in [0.29, 0.717) is 0 Å². The summed E-state index contributed by atoms with van der Waals surface area (Å²) in [7, 11) is 0. The lowest BCUT2D eigenvalue weighted by molar-refractivity contribution is -0.175. The van der Waals surface area contributed by atoms with Crippen LogP contribution in [0.5, 0.6) is 0 Å². The fraction of sp³-hybridized carbons (Fsp3) is 0.929. The highest BCUT2D eigenvalue weighted by Gasteiger charge is 2.45. The number of carbonyl (C=O) groups excluding carboxylic acids is 1. The molecule has 0 bridgehead atoms. The fourth-order valence-corrected chi connectivity index (χ4v) is 1.42. The molecule has 0 aliphatic rings. The Hall–Kier alpha value is -0.530. The first-order chi connectivity index (χ1) is 7.00. The molecule has 0 aromatic heterocycles. The summed E-state index contributed by atoms with van der Waals surface area (Å²) in [6.07, 6.45) is 1.64. The molecule has 0 fully saturated rings.